The van der Waals surface area contributed by atoms with Gasteiger partial charge in [0.1, 0.15) is 0 Å². The topological polar surface area (TPSA) is 63.3 Å². The molecule has 1 aromatic rings. The van der Waals surface area contributed by atoms with Crippen LogP contribution in [0.25, 0.3) is 0 Å². The lowest BCUT2D eigenvalue weighted by molar-refractivity contribution is 0.0925. The smallest absolute Gasteiger partial charge is 0.182 e. The highest BCUT2D eigenvalue weighted by atomic mass is 16.3. The molecule has 1 aromatic carbocycles. The van der Waals surface area contributed by atoms with Crippen LogP contribution in [0.5, 0.6) is 0 Å². The number of carbonyl (C=O) groups excluding carboxylic acids is 1. The first kappa shape index (κ1) is 9.89. The molecule has 0 heterocycles. The van der Waals surface area contributed by atoms with E-state index in [0.717, 1.165) is 5.56 Å². The molecular weight excluding hydrogens is 166 g/mol. The van der Waals surface area contributed by atoms with E-state index in [2.05, 4.69) is 0 Å². The number of Topliss-reactive ketones (excluding diaryl/α,β-unsaturated/α-hetero) is 1. The number of ketones is 1. The van der Waals surface area contributed by atoms with Crippen molar-refractivity contribution in [2.24, 2.45) is 5.73 Å². The Morgan fingerprint density at radius 1 is 1.54 bits per heavy atom. The second-order valence-corrected chi connectivity index (χ2v) is 2.97. The van der Waals surface area contributed by atoms with Crippen molar-refractivity contribution in [3.8, 4) is 0 Å². The van der Waals surface area contributed by atoms with Gasteiger partial charge in [0.05, 0.1) is 12.6 Å². The van der Waals surface area contributed by atoms with Crippen LogP contribution >= 0.6 is 0 Å². The molecule has 0 fully saturated rings. The minimum Gasteiger partial charge on any atom is -0.394 e. The average molecular weight is 179 g/mol. The maximum Gasteiger partial charge on any atom is 0.182 e. The van der Waals surface area contributed by atoms with Gasteiger partial charge in [0.2, 0.25) is 0 Å². The number of nitrogens with two attached hydrogens (primary N) is 1. The Morgan fingerprint density at radius 2 is 2.15 bits per heavy atom. The fourth-order valence-corrected chi connectivity index (χ4v) is 1.13. The molecule has 1 rings (SSSR count). The Bertz CT molecular complexity index is 310. The molecule has 3 N–H and O–H groups in total. The standard InChI is InChI=1S/C10H13NO2/c1-7-4-2-3-5-8(7)10(13)9(11)6-12/h2-5,9,12H,6,11H2,1H3. The van der Waals surface area contributed by atoms with Gasteiger partial charge >= 0.3 is 0 Å². The van der Waals surface area contributed by atoms with Crippen LogP contribution in [0.1, 0.15) is 15.9 Å². The van der Waals surface area contributed by atoms with Crippen LogP contribution in [-0.2, 0) is 0 Å². The van der Waals surface area contributed by atoms with Crippen LogP contribution in [0.15, 0.2) is 24.3 Å². The highest BCUT2D eigenvalue weighted by Crippen LogP contribution is 2.08. The van der Waals surface area contributed by atoms with Gasteiger partial charge in [0.25, 0.3) is 0 Å². The fourth-order valence-electron chi connectivity index (χ4n) is 1.13. The molecule has 3 nitrogen and oxygen atoms in total. The summed E-state index contributed by atoms with van der Waals surface area (Å²) in [6.07, 6.45) is 0. The number of aliphatic hydroxyl groups excluding tert-OH is 1. The third-order valence-corrected chi connectivity index (χ3v) is 1.94. The predicted octanol–water partition coefficient (Wildman–Crippen LogP) is 0.497. The monoisotopic (exact) mass is 179 g/mol. The number of hydrogen-bond donors (Lipinski definition) is 2. The molecule has 70 valence electrons. The molecule has 0 amide bonds. The summed E-state index contributed by atoms with van der Waals surface area (Å²) >= 11 is 0. The molecule has 13 heavy (non-hydrogen) atoms. The number of aryl methyl sites for hydroxylation is 1. The summed E-state index contributed by atoms with van der Waals surface area (Å²) < 4.78 is 0. The fraction of sp³-hybridized carbons (Fsp3) is 0.300. The van der Waals surface area contributed by atoms with E-state index in [1.165, 1.54) is 0 Å². The van der Waals surface area contributed by atoms with Gasteiger partial charge < -0.3 is 10.8 Å². The summed E-state index contributed by atoms with van der Waals surface area (Å²) in [5.41, 5.74) is 6.89. The molecule has 0 aliphatic rings. The lowest BCUT2D eigenvalue weighted by Crippen LogP contribution is -2.34. The van der Waals surface area contributed by atoms with Crippen molar-refractivity contribution in [3.63, 3.8) is 0 Å². The van der Waals surface area contributed by atoms with Gasteiger partial charge in [-0.15, -0.1) is 0 Å². The van der Waals surface area contributed by atoms with Gasteiger partial charge in [0.15, 0.2) is 5.78 Å². The number of benzene rings is 1. The molecular formula is C10H13NO2. The normalized spacial score (nSPS) is 12.5. The third kappa shape index (κ3) is 2.14. The summed E-state index contributed by atoms with van der Waals surface area (Å²) in [7, 11) is 0. The molecule has 0 saturated carbocycles. The summed E-state index contributed by atoms with van der Waals surface area (Å²) in [4.78, 5) is 11.5. The molecule has 0 radical (unpaired) electrons. The zero-order valence-corrected chi connectivity index (χ0v) is 7.53. The Balaban J connectivity index is 2.95. The highest BCUT2D eigenvalue weighted by molar-refractivity contribution is 6.01. The number of aliphatic hydroxyl groups is 1. The first-order chi connectivity index (χ1) is 6.16. The van der Waals surface area contributed by atoms with Crippen LogP contribution in [0.3, 0.4) is 0 Å². The first-order valence-corrected chi connectivity index (χ1v) is 4.13. The van der Waals surface area contributed by atoms with Gasteiger partial charge in [-0.2, -0.15) is 0 Å². The summed E-state index contributed by atoms with van der Waals surface area (Å²) in [5, 5.41) is 8.71. The van der Waals surface area contributed by atoms with Crippen molar-refractivity contribution in [1.29, 1.82) is 0 Å². The lowest BCUT2D eigenvalue weighted by Gasteiger charge is -2.08. The quantitative estimate of drug-likeness (QED) is 0.664. The number of hydrogen-bond acceptors (Lipinski definition) is 3. The summed E-state index contributed by atoms with van der Waals surface area (Å²) in [6.45, 7) is 1.53. The van der Waals surface area contributed by atoms with E-state index in [0.29, 0.717) is 5.56 Å². The molecule has 1 unspecified atom stereocenters. The van der Waals surface area contributed by atoms with E-state index < -0.39 is 6.04 Å². The van der Waals surface area contributed by atoms with E-state index in [9.17, 15) is 4.79 Å². The average Bonchev–Trinajstić information content (AvgIpc) is 2.16. The first-order valence-electron chi connectivity index (χ1n) is 4.13. The van der Waals surface area contributed by atoms with Crippen molar-refractivity contribution in [3.05, 3.63) is 35.4 Å². The SMILES string of the molecule is Cc1ccccc1C(=O)C(N)CO. The van der Waals surface area contributed by atoms with Crippen LogP contribution in [0, 0.1) is 6.92 Å². The molecule has 0 aliphatic heterocycles. The largest absolute Gasteiger partial charge is 0.394 e. The number of rotatable bonds is 3. The lowest BCUT2D eigenvalue weighted by atomic mass is 10.0. The third-order valence-electron chi connectivity index (χ3n) is 1.94. The van der Waals surface area contributed by atoms with E-state index in [-0.39, 0.29) is 12.4 Å². The summed E-state index contributed by atoms with van der Waals surface area (Å²) in [5.74, 6) is -0.208. The molecule has 1 atom stereocenters. The zero-order chi connectivity index (χ0) is 9.84. The van der Waals surface area contributed by atoms with Gasteiger partial charge in [0, 0.05) is 5.56 Å². The molecule has 0 saturated heterocycles. The van der Waals surface area contributed by atoms with Crippen molar-refractivity contribution in [2.45, 2.75) is 13.0 Å². The maximum atomic E-state index is 11.5. The van der Waals surface area contributed by atoms with Crippen molar-refractivity contribution >= 4 is 5.78 Å². The minimum atomic E-state index is -0.805. The van der Waals surface area contributed by atoms with Gasteiger partial charge in [-0.1, -0.05) is 24.3 Å². The highest BCUT2D eigenvalue weighted by Gasteiger charge is 2.15. The van der Waals surface area contributed by atoms with Crippen molar-refractivity contribution in [1.82, 2.24) is 0 Å². The zero-order valence-electron chi connectivity index (χ0n) is 7.53. The van der Waals surface area contributed by atoms with Gasteiger partial charge in [-0.05, 0) is 12.5 Å². The van der Waals surface area contributed by atoms with Crippen LogP contribution in [0.2, 0.25) is 0 Å². The van der Waals surface area contributed by atoms with Crippen LogP contribution in [-0.4, -0.2) is 23.5 Å². The Labute approximate surface area is 77.2 Å². The maximum absolute atomic E-state index is 11.5. The molecule has 0 bridgehead atoms. The summed E-state index contributed by atoms with van der Waals surface area (Å²) in [6, 6.07) is 6.40. The molecule has 0 spiro atoms. The minimum absolute atomic E-state index is 0.208. The second kappa shape index (κ2) is 4.16. The van der Waals surface area contributed by atoms with Crippen LogP contribution in [0.4, 0.5) is 0 Å². The Hall–Kier alpha value is -1.19. The van der Waals surface area contributed by atoms with Crippen molar-refractivity contribution < 1.29 is 9.90 Å². The second-order valence-electron chi connectivity index (χ2n) is 2.97. The molecule has 0 aromatic heterocycles. The van der Waals surface area contributed by atoms with E-state index >= 15 is 0 Å². The van der Waals surface area contributed by atoms with E-state index in [1.54, 1.807) is 12.1 Å². The van der Waals surface area contributed by atoms with Crippen LogP contribution < -0.4 is 5.73 Å². The van der Waals surface area contributed by atoms with Gasteiger partial charge in [-0.3, -0.25) is 4.79 Å². The van der Waals surface area contributed by atoms with Crippen molar-refractivity contribution in [2.75, 3.05) is 6.61 Å². The predicted molar refractivity (Wildman–Crippen MR) is 50.6 cm³/mol. The van der Waals surface area contributed by atoms with Gasteiger partial charge in [-0.25, -0.2) is 0 Å². The van der Waals surface area contributed by atoms with E-state index in [4.69, 9.17) is 10.8 Å². The van der Waals surface area contributed by atoms with E-state index in [1.807, 2.05) is 19.1 Å². The molecule has 3 heteroatoms. The number of carbonyl (C=O) groups is 1. The molecule has 0 aliphatic carbocycles. The Kier molecular flexibility index (Phi) is 3.17. The Morgan fingerprint density at radius 3 is 2.69 bits per heavy atom.